The van der Waals surface area contributed by atoms with E-state index in [1.54, 1.807) is 18.2 Å². The fourth-order valence-corrected chi connectivity index (χ4v) is 2.45. The maximum absolute atomic E-state index is 12.7. The number of halogens is 3. The molecule has 117 valence electrons. The van der Waals surface area contributed by atoms with Crippen molar-refractivity contribution in [3.63, 3.8) is 0 Å². The van der Waals surface area contributed by atoms with Gasteiger partial charge in [0.2, 0.25) is 0 Å². The molecule has 23 heavy (non-hydrogen) atoms. The average molecular weight is 457 g/mol. The van der Waals surface area contributed by atoms with E-state index in [1.807, 2.05) is 6.07 Å². The molecular formula is C15H10BrF2N2O2Y-. The molecule has 0 spiro atoms. The van der Waals surface area contributed by atoms with E-state index >= 15 is 0 Å². The summed E-state index contributed by atoms with van der Waals surface area (Å²) in [7, 11) is 0. The summed E-state index contributed by atoms with van der Waals surface area (Å²) in [5.41, 5.74) is 0.264. The topological polar surface area (TPSA) is 55.0 Å². The second-order valence-corrected chi connectivity index (χ2v) is 5.11. The van der Waals surface area contributed by atoms with Crippen LogP contribution in [0.4, 0.5) is 8.78 Å². The molecule has 0 atom stereocenters. The largest absolute Gasteiger partial charge is 0.479 e. The number of nitriles is 1. The standard InChI is InChI=1S/C15H10BrF2N2O2.Y/c16-12-8-10(22-7-6-19)4-5-11(12)13-2-1-3-15(21)20(13)9-14(17)18;/h1,3-5,8,14H,7,9H2;/q-1;. The first-order chi connectivity index (χ1) is 10.5. The molecule has 4 nitrogen and oxygen atoms in total. The normalized spacial score (nSPS) is 10.0. The molecule has 0 fully saturated rings. The van der Waals surface area contributed by atoms with Crippen molar-refractivity contribution in [3.8, 4) is 23.1 Å². The third-order valence-corrected chi connectivity index (χ3v) is 3.46. The molecule has 1 aromatic carbocycles. The number of rotatable bonds is 5. The zero-order chi connectivity index (χ0) is 16.1. The Morgan fingerprint density at radius 2 is 2.13 bits per heavy atom. The summed E-state index contributed by atoms with van der Waals surface area (Å²) < 4.78 is 32.0. The Bertz CT molecular complexity index is 775. The maximum Gasteiger partial charge on any atom is 0.256 e. The third-order valence-electron chi connectivity index (χ3n) is 2.80. The van der Waals surface area contributed by atoms with E-state index in [2.05, 4.69) is 22.0 Å². The quantitative estimate of drug-likeness (QED) is 0.649. The van der Waals surface area contributed by atoms with Crippen molar-refractivity contribution in [2.75, 3.05) is 6.61 Å². The second kappa shape index (κ2) is 9.26. The van der Waals surface area contributed by atoms with E-state index < -0.39 is 18.5 Å². The van der Waals surface area contributed by atoms with Gasteiger partial charge in [-0.3, -0.25) is 4.79 Å². The first-order valence-corrected chi connectivity index (χ1v) is 7.01. The molecule has 0 bridgehead atoms. The van der Waals surface area contributed by atoms with Crippen LogP contribution in [0.25, 0.3) is 11.3 Å². The van der Waals surface area contributed by atoms with Crippen LogP contribution in [0, 0.1) is 17.4 Å². The minimum Gasteiger partial charge on any atom is -0.479 e. The van der Waals surface area contributed by atoms with Crippen molar-refractivity contribution in [1.82, 2.24) is 4.57 Å². The molecule has 2 aromatic rings. The van der Waals surface area contributed by atoms with Gasteiger partial charge in [-0.2, -0.15) is 17.4 Å². The van der Waals surface area contributed by atoms with E-state index in [4.69, 9.17) is 10.00 Å². The third kappa shape index (κ3) is 5.20. The average Bonchev–Trinajstić information content (AvgIpc) is 2.47. The summed E-state index contributed by atoms with van der Waals surface area (Å²) >= 11 is 3.31. The number of alkyl halides is 2. The van der Waals surface area contributed by atoms with Gasteiger partial charge in [-0.25, -0.2) is 8.78 Å². The van der Waals surface area contributed by atoms with Gasteiger partial charge in [0.25, 0.3) is 6.43 Å². The molecule has 0 aliphatic rings. The predicted molar refractivity (Wildman–Crippen MR) is 79.8 cm³/mol. The van der Waals surface area contributed by atoms with Crippen LogP contribution in [0.3, 0.4) is 0 Å². The van der Waals surface area contributed by atoms with Crippen LogP contribution < -0.4 is 10.3 Å². The Balaban J connectivity index is 0.00000264. The molecule has 0 unspecified atom stereocenters. The molecular weight excluding hydrogens is 447 g/mol. The van der Waals surface area contributed by atoms with Crippen LogP contribution in [0.15, 0.2) is 39.6 Å². The number of hydrogen-bond donors (Lipinski definition) is 0. The van der Waals surface area contributed by atoms with Crippen LogP contribution in [0.5, 0.6) is 5.75 Å². The number of ether oxygens (including phenoxy) is 1. The number of aromatic nitrogens is 1. The number of pyridine rings is 1. The van der Waals surface area contributed by atoms with Crippen molar-refractivity contribution in [2.45, 2.75) is 13.0 Å². The van der Waals surface area contributed by atoms with E-state index in [9.17, 15) is 13.6 Å². The number of benzene rings is 1. The fraction of sp³-hybridized carbons (Fsp3) is 0.200. The molecule has 0 saturated heterocycles. The zero-order valence-corrected chi connectivity index (χ0v) is 16.2. The van der Waals surface area contributed by atoms with Crippen LogP contribution in [-0.2, 0) is 39.3 Å². The minimum atomic E-state index is -2.65. The SMILES string of the molecule is N#CCOc1ccc(-c2[c-]ccc(=O)n2CC(F)F)c(Br)c1.[Y]. The molecule has 0 N–H and O–H groups in total. The Morgan fingerprint density at radius 3 is 2.74 bits per heavy atom. The minimum absolute atomic E-state index is 0. The molecule has 0 aliphatic carbocycles. The summed E-state index contributed by atoms with van der Waals surface area (Å²) in [6, 6.07) is 12.0. The van der Waals surface area contributed by atoms with Crippen molar-refractivity contribution >= 4 is 15.9 Å². The van der Waals surface area contributed by atoms with E-state index in [1.165, 1.54) is 12.1 Å². The van der Waals surface area contributed by atoms with Crippen LogP contribution in [-0.4, -0.2) is 17.6 Å². The van der Waals surface area contributed by atoms with Gasteiger partial charge in [0.1, 0.15) is 11.8 Å². The van der Waals surface area contributed by atoms with Gasteiger partial charge in [-0.1, -0.05) is 33.3 Å². The van der Waals surface area contributed by atoms with Crippen LogP contribution in [0.1, 0.15) is 0 Å². The van der Waals surface area contributed by atoms with Gasteiger partial charge in [-0.15, -0.1) is 6.07 Å². The van der Waals surface area contributed by atoms with Crippen LogP contribution >= 0.6 is 15.9 Å². The first kappa shape index (κ1) is 19.9. The van der Waals surface area contributed by atoms with Crippen LogP contribution in [0.2, 0.25) is 0 Å². The van der Waals surface area contributed by atoms with Crippen molar-refractivity contribution in [3.05, 3.63) is 51.2 Å². The van der Waals surface area contributed by atoms with Gasteiger partial charge in [0, 0.05) is 32.7 Å². The number of nitrogens with zero attached hydrogens (tertiary/aromatic N) is 2. The first-order valence-electron chi connectivity index (χ1n) is 6.22. The Kier molecular flexibility index (Phi) is 8.03. The van der Waals surface area contributed by atoms with E-state index in [-0.39, 0.29) is 45.0 Å². The predicted octanol–water partition coefficient (Wildman–Crippen LogP) is 3.24. The number of hydrogen-bond acceptors (Lipinski definition) is 3. The Hall–Kier alpha value is -1.10. The molecule has 1 heterocycles. The smallest absolute Gasteiger partial charge is 0.256 e. The van der Waals surface area contributed by atoms with E-state index in [0.717, 1.165) is 4.57 Å². The summed E-state index contributed by atoms with van der Waals surface area (Å²) in [5, 5.41) is 8.48. The van der Waals surface area contributed by atoms with Gasteiger partial charge >= 0.3 is 0 Å². The van der Waals surface area contributed by atoms with Gasteiger partial charge < -0.3 is 9.30 Å². The molecule has 2 rings (SSSR count). The van der Waals surface area contributed by atoms with Gasteiger partial charge in [0.05, 0.1) is 6.54 Å². The molecule has 1 aromatic heterocycles. The molecule has 0 aliphatic heterocycles. The molecule has 0 amide bonds. The van der Waals surface area contributed by atoms with Gasteiger partial charge in [0.15, 0.2) is 12.2 Å². The van der Waals surface area contributed by atoms with Gasteiger partial charge in [-0.05, 0) is 16.6 Å². The molecule has 1 radical (unpaired) electrons. The second-order valence-electron chi connectivity index (χ2n) is 4.25. The summed E-state index contributed by atoms with van der Waals surface area (Å²) in [4.78, 5) is 11.8. The van der Waals surface area contributed by atoms with E-state index in [0.29, 0.717) is 15.8 Å². The fourth-order valence-electron chi connectivity index (χ4n) is 1.91. The summed E-state index contributed by atoms with van der Waals surface area (Å²) in [6.45, 7) is -0.802. The molecule has 0 saturated carbocycles. The Morgan fingerprint density at radius 1 is 1.39 bits per heavy atom. The monoisotopic (exact) mass is 456 g/mol. The summed E-state index contributed by atoms with van der Waals surface area (Å²) in [5.74, 6) is 0.455. The van der Waals surface area contributed by atoms with Crippen molar-refractivity contribution in [2.24, 2.45) is 0 Å². The Labute approximate surface area is 165 Å². The maximum atomic E-state index is 12.7. The summed E-state index contributed by atoms with van der Waals surface area (Å²) in [6.07, 6.45) is -2.65. The van der Waals surface area contributed by atoms with Crippen molar-refractivity contribution < 1.29 is 46.2 Å². The zero-order valence-electron chi connectivity index (χ0n) is 11.8. The molecule has 8 heteroatoms. The van der Waals surface area contributed by atoms with Crippen molar-refractivity contribution in [1.29, 1.82) is 5.26 Å².